The molecule has 3 rings (SSSR count). The standard InChI is InChI=1S/C12H7N2.2ClH.Pd/c1-3-9-5-6-10-4-2-8-14-12(10)11(9)13-7-1;;;/h1-7H;2*1H;/q;;;+2/p-2. The molecule has 5 heteroatoms. The number of pyridine rings is 2. The van der Waals surface area contributed by atoms with Crippen LogP contribution in [0.15, 0.2) is 42.6 Å². The van der Waals surface area contributed by atoms with Crippen LogP contribution in [-0.2, 0) is 14.7 Å². The summed E-state index contributed by atoms with van der Waals surface area (Å²) in [5.41, 5.74) is 1.76. The molecule has 1 aromatic carbocycles. The van der Waals surface area contributed by atoms with Gasteiger partial charge in [0.1, 0.15) is 0 Å². The molecule has 0 saturated carbocycles. The number of rotatable bonds is 1. The summed E-state index contributed by atoms with van der Waals surface area (Å²) in [4.78, 5) is 8.90. The van der Waals surface area contributed by atoms with Crippen molar-refractivity contribution in [3.63, 3.8) is 0 Å². The zero-order valence-electron chi connectivity index (χ0n) is 8.51. The van der Waals surface area contributed by atoms with Gasteiger partial charge in [-0.15, -0.1) is 0 Å². The van der Waals surface area contributed by atoms with Crippen LogP contribution in [0, 0.1) is 0 Å². The van der Waals surface area contributed by atoms with Crippen LogP contribution in [0.2, 0.25) is 0 Å². The molecule has 0 unspecified atom stereocenters. The van der Waals surface area contributed by atoms with Gasteiger partial charge in [-0.25, -0.2) is 0 Å². The third-order valence-electron chi connectivity index (χ3n) is 2.50. The zero-order valence-corrected chi connectivity index (χ0v) is 11.6. The van der Waals surface area contributed by atoms with Crippen molar-refractivity contribution in [1.82, 2.24) is 9.97 Å². The second-order valence-corrected chi connectivity index (χ2v) is 8.64. The SMILES string of the molecule is [Cl][Pd]([Cl])[c]1ccc2ccc3cccnc3c2n1. The summed E-state index contributed by atoms with van der Waals surface area (Å²) >= 11 is -1.70. The van der Waals surface area contributed by atoms with Crippen LogP contribution in [0.25, 0.3) is 21.8 Å². The maximum absolute atomic E-state index is 5.95. The Hall–Kier alpha value is -0.718. The van der Waals surface area contributed by atoms with Gasteiger partial charge in [0.15, 0.2) is 0 Å². The van der Waals surface area contributed by atoms with E-state index in [0.717, 1.165) is 26.0 Å². The molecular weight excluding hydrogens is 349 g/mol. The number of hydrogen-bond donors (Lipinski definition) is 0. The zero-order chi connectivity index (χ0) is 11.8. The van der Waals surface area contributed by atoms with Crippen molar-refractivity contribution in [2.45, 2.75) is 0 Å². The Labute approximate surface area is 112 Å². The van der Waals surface area contributed by atoms with E-state index in [4.69, 9.17) is 19.1 Å². The third kappa shape index (κ3) is 2.05. The van der Waals surface area contributed by atoms with Crippen molar-refractivity contribution in [1.29, 1.82) is 0 Å². The molecule has 0 amide bonds. The summed E-state index contributed by atoms with van der Waals surface area (Å²) in [6.45, 7) is 0. The summed E-state index contributed by atoms with van der Waals surface area (Å²) in [6, 6.07) is 11.9. The molecule has 0 aliphatic rings. The fourth-order valence-electron chi connectivity index (χ4n) is 1.75. The molecule has 2 nitrogen and oxygen atoms in total. The first-order valence-electron chi connectivity index (χ1n) is 4.85. The molecule has 2 aromatic heterocycles. The van der Waals surface area contributed by atoms with E-state index < -0.39 is 14.7 Å². The van der Waals surface area contributed by atoms with Crippen molar-refractivity contribution < 1.29 is 14.7 Å². The molecule has 0 aliphatic heterocycles. The number of halogens is 2. The molecule has 0 atom stereocenters. The second-order valence-electron chi connectivity index (χ2n) is 3.48. The molecule has 0 radical (unpaired) electrons. The Kier molecular flexibility index (Phi) is 3.02. The number of aromatic nitrogens is 2. The van der Waals surface area contributed by atoms with Gasteiger partial charge < -0.3 is 0 Å². The molecule has 0 aliphatic carbocycles. The van der Waals surface area contributed by atoms with Gasteiger partial charge >= 0.3 is 112 Å². The van der Waals surface area contributed by atoms with Gasteiger partial charge in [0.25, 0.3) is 0 Å². The molecule has 0 saturated heterocycles. The van der Waals surface area contributed by atoms with Crippen LogP contribution >= 0.6 is 19.1 Å². The van der Waals surface area contributed by atoms with Gasteiger partial charge in [-0.1, -0.05) is 0 Å². The molecular formula is C12H7Cl2N2Pd. The molecule has 0 bridgehead atoms. The van der Waals surface area contributed by atoms with E-state index >= 15 is 0 Å². The minimum atomic E-state index is -1.70. The monoisotopic (exact) mass is 355 g/mol. The van der Waals surface area contributed by atoms with Gasteiger partial charge in [-0.2, -0.15) is 0 Å². The quantitative estimate of drug-likeness (QED) is 0.494. The van der Waals surface area contributed by atoms with Crippen LogP contribution in [0.4, 0.5) is 0 Å². The van der Waals surface area contributed by atoms with Crippen LogP contribution in [0.1, 0.15) is 0 Å². The Morgan fingerprint density at radius 2 is 1.59 bits per heavy atom. The topological polar surface area (TPSA) is 25.8 Å². The first-order chi connectivity index (χ1) is 8.25. The summed E-state index contributed by atoms with van der Waals surface area (Å²) in [5.74, 6) is 0. The second kappa shape index (κ2) is 4.51. The summed E-state index contributed by atoms with van der Waals surface area (Å²) in [5, 5.41) is 2.13. The van der Waals surface area contributed by atoms with E-state index in [1.165, 1.54) is 0 Å². The molecule has 0 fully saturated rings. The van der Waals surface area contributed by atoms with E-state index in [-0.39, 0.29) is 0 Å². The van der Waals surface area contributed by atoms with Crippen molar-refractivity contribution in [2.75, 3.05) is 0 Å². The van der Waals surface area contributed by atoms with E-state index in [2.05, 4.69) is 9.97 Å². The van der Waals surface area contributed by atoms with E-state index in [0.29, 0.717) is 0 Å². The van der Waals surface area contributed by atoms with Crippen LogP contribution in [0.3, 0.4) is 0 Å². The van der Waals surface area contributed by atoms with Gasteiger partial charge in [-0.05, 0) is 0 Å². The average molecular weight is 357 g/mol. The van der Waals surface area contributed by atoms with Gasteiger partial charge in [0.05, 0.1) is 0 Å². The molecule has 2 heterocycles. The Morgan fingerprint density at radius 3 is 2.35 bits per heavy atom. The summed E-state index contributed by atoms with van der Waals surface area (Å²) < 4.78 is 0.769. The molecule has 0 N–H and O–H groups in total. The van der Waals surface area contributed by atoms with Gasteiger partial charge in [0, 0.05) is 0 Å². The predicted molar refractivity (Wildman–Crippen MR) is 68.4 cm³/mol. The average Bonchev–Trinajstić information content (AvgIpc) is 2.38. The summed E-state index contributed by atoms with van der Waals surface area (Å²) in [7, 11) is 11.9. The van der Waals surface area contributed by atoms with Crippen LogP contribution in [0.5, 0.6) is 0 Å². The maximum atomic E-state index is 5.95. The molecule has 89 valence electrons. The number of nitrogens with zero attached hydrogens (tertiary/aromatic N) is 2. The van der Waals surface area contributed by atoms with Crippen LogP contribution in [-0.4, -0.2) is 9.97 Å². The summed E-state index contributed by atoms with van der Waals surface area (Å²) in [6.07, 6.45) is 1.77. The first-order valence-corrected chi connectivity index (χ1v) is 9.63. The normalized spacial score (nSPS) is 12.0. The Balaban J connectivity index is 2.42. The fraction of sp³-hybridized carbons (Fsp3) is 0. The van der Waals surface area contributed by atoms with E-state index in [9.17, 15) is 0 Å². The minimum absolute atomic E-state index is 0.769. The molecule has 17 heavy (non-hydrogen) atoms. The number of fused-ring (bicyclic) bond motifs is 3. The molecule has 0 spiro atoms. The predicted octanol–water partition coefficient (Wildman–Crippen LogP) is 3.33. The first kappa shape index (κ1) is 11.4. The third-order valence-corrected chi connectivity index (χ3v) is 4.99. The van der Waals surface area contributed by atoms with E-state index in [1.807, 2.05) is 36.4 Å². The number of benzene rings is 1. The fourth-order valence-corrected chi connectivity index (χ4v) is 3.17. The molecule has 3 aromatic rings. The van der Waals surface area contributed by atoms with Crippen molar-refractivity contribution in [2.24, 2.45) is 0 Å². The van der Waals surface area contributed by atoms with Crippen molar-refractivity contribution in [3.05, 3.63) is 42.6 Å². The number of hydrogen-bond acceptors (Lipinski definition) is 2. The Bertz CT molecular complexity index is 700. The van der Waals surface area contributed by atoms with Gasteiger partial charge in [-0.3, -0.25) is 0 Å². The Morgan fingerprint density at radius 1 is 0.882 bits per heavy atom. The van der Waals surface area contributed by atoms with Crippen molar-refractivity contribution >= 4 is 45.0 Å². The van der Waals surface area contributed by atoms with Gasteiger partial charge in [0.2, 0.25) is 0 Å². The van der Waals surface area contributed by atoms with Crippen molar-refractivity contribution in [3.8, 4) is 0 Å². The van der Waals surface area contributed by atoms with E-state index in [1.54, 1.807) is 6.20 Å². The van der Waals surface area contributed by atoms with Crippen LogP contribution < -0.4 is 4.17 Å².